The Morgan fingerprint density at radius 1 is 1.35 bits per heavy atom. The fourth-order valence-electron chi connectivity index (χ4n) is 1.92. The van der Waals surface area contributed by atoms with Crippen molar-refractivity contribution in [1.29, 1.82) is 0 Å². The van der Waals surface area contributed by atoms with Crippen LogP contribution in [0.15, 0.2) is 30.5 Å². The number of nitrogens with one attached hydrogen (secondary N) is 1. The van der Waals surface area contributed by atoms with Crippen LogP contribution in [0.1, 0.15) is 5.56 Å². The van der Waals surface area contributed by atoms with Crippen LogP contribution in [0.4, 0.5) is 5.82 Å². The lowest BCUT2D eigenvalue weighted by molar-refractivity contribution is -0.122. The van der Waals surface area contributed by atoms with Gasteiger partial charge in [-0.15, -0.1) is 0 Å². The van der Waals surface area contributed by atoms with Gasteiger partial charge in [0.25, 0.3) is 0 Å². The van der Waals surface area contributed by atoms with Gasteiger partial charge >= 0.3 is 0 Å². The lowest BCUT2D eigenvalue weighted by atomic mass is 10.2. The van der Waals surface area contributed by atoms with Crippen molar-refractivity contribution >= 4 is 11.7 Å². The van der Waals surface area contributed by atoms with E-state index in [-0.39, 0.29) is 19.2 Å². The molecule has 0 fully saturated rings. The molecule has 3 N–H and O–H groups in total. The molecule has 0 radical (unpaired) electrons. The van der Waals surface area contributed by atoms with E-state index in [1.807, 2.05) is 18.2 Å². The molecule has 1 aromatic heterocycles. The van der Waals surface area contributed by atoms with Gasteiger partial charge in [0, 0.05) is 12.7 Å². The number of amides is 1. The van der Waals surface area contributed by atoms with Crippen molar-refractivity contribution in [2.75, 3.05) is 12.5 Å². The van der Waals surface area contributed by atoms with Gasteiger partial charge in [-0.25, -0.2) is 0 Å². The largest absolute Gasteiger partial charge is 0.454 e. The van der Waals surface area contributed by atoms with E-state index in [2.05, 4.69) is 10.4 Å². The maximum absolute atomic E-state index is 11.8. The van der Waals surface area contributed by atoms with Crippen LogP contribution in [0.25, 0.3) is 0 Å². The Morgan fingerprint density at radius 3 is 3.00 bits per heavy atom. The topological polar surface area (TPSA) is 91.4 Å². The number of aromatic nitrogens is 2. The van der Waals surface area contributed by atoms with Gasteiger partial charge in [0.05, 0.1) is 0 Å². The van der Waals surface area contributed by atoms with E-state index in [0.717, 1.165) is 11.3 Å². The molecule has 0 saturated heterocycles. The predicted molar refractivity (Wildman–Crippen MR) is 71.1 cm³/mol. The Balaban J connectivity index is 1.55. The maximum atomic E-state index is 11.8. The molecule has 7 nitrogen and oxygen atoms in total. The first-order valence-corrected chi connectivity index (χ1v) is 6.15. The number of carbonyl (C=O) groups is 1. The van der Waals surface area contributed by atoms with Crippen LogP contribution in [-0.2, 0) is 17.9 Å². The van der Waals surface area contributed by atoms with Gasteiger partial charge in [-0.2, -0.15) is 5.10 Å². The molecule has 7 heteroatoms. The molecule has 0 spiro atoms. The summed E-state index contributed by atoms with van der Waals surface area (Å²) in [5, 5.41) is 6.76. The predicted octanol–water partition coefficient (Wildman–Crippen LogP) is 0.510. The van der Waals surface area contributed by atoms with Crippen LogP contribution in [-0.4, -0.2) is 22.5 Å². The number of rotatable bonds is 4. The summed E-state index contributed by atoms with van der Waals surface area (Å²) >= 11 is 0. The highest BCUT2D eigenvalue weighted by molar-refractivity contribution is 5.75. The Hall–Kier alpha value is -2.70. The van der Waals surface area contributed by atoms with Gasteiger partial charge in [0.2, 0.25) is 12.7 Å². The zero-order chi connectivity index (χ0) is 13.9. The second-order valence-corrected chi connectivity index (χ2v) is 4.40. The maximum Gasteiger partial charge on any atom is 0.241 e. The molecule has 0 bridgehead atoms. The summed E-state index contributed by atoms with van der Waals surface area (Å²) < 4.78 is 12.0. The summed E-state index contributed by atoms with van der Waals surface area (Å²) in [6.45, 7) is 0.805. The Bertz CT molecular complexity index is 638. The van der Waals surface area contributed by atoms with E-state index in [0.29, 0.717) is 18.1 Å². The van der Waals surface area contributed by atoms with Crippen LogP contribution in [0, 0.1) is 0 Å². The number of ether oxygens (including phenoxy) is 2. The monoisotopic (exact) mass is 274 g/mol. The first-order chi connectivity index (χ1) is 9.70. The van der Waals surface area contributed by atoms with Crippen LogP contribution < -0.4 is 20.5 Å². The molecule has 0 saturated carbocycles. The highest BCUT2D eigenvalue weighted by atomic mass is 16.7. The van der Waals surface area contributed by atoms with Gasteiger partial charge in [-0.1, -0.05) is 6.07 Å². The summed E-state index contributed by atoms with van der Waals surface area (Å²) in [5.41, 5.74) is 6.43. The van der Waals surface area contributed by atoms with Crippen LogP contribution in [0.3, 0.4) is 0 Å². The normalized spacial score (nSPS) is 12.4. The van der Waals surface area contributed by atoms with E-state index in [1.54, 1.807) is 12.3 Å². The molecule has 3 rings (SSSR count). The molecule has 0 unspecified atom stereocenters. The lowest BCUT2D eigenvalue weighted by Crippen LogP contribution is -2.27. The standard InChI is InChI=1S/C13H14N4O3/c14-12-3-4-17(16-12)7-13(18)15-6-9-1-2-10-11(5-9)20-8-19-10/h1-5H,6-8H2,(H2,14,16)(H,15,18). The Kier molecular flexibility index (Phi) is 3.16. The fraction of sp³-hybridized carbons (Fsp3) is 0.231. The molecule has 1 aliphatic rings. The number of nitrogens with zero attached hydrogens (tertiary/aromatic N) is 2. The average molecular weight is 274 g/mol. The van der Waals surface area contributed by atoms with Crippen molar-refractivity contribution in [3.05, 3.63) is 36.0 Å². The number of nitrogens with two attached hydrogens (primary N) is 1. The third-order valence-corrected chi connectivity index (χ3v) is 2.89. The van der Waals surface area contributed by atoms with Crippen molar-refractivity contribution in [2.24, 2.45) is 0 Å². The highest BCUT2D eigenvalue weighted by Crippen LogP contribution is 2.32. The Morgan fingerprint density at radius 2 is 2.20 bits per heavy atom. The summed E-state index contributed by atoms with van der Waals surface area (Å²) in [4.78, 5) is 11.8. The van der Waals surface area contributed by atoms with Gasteiger partial charge in [0.15, 0.2) is 11.5 Å². The first kappa shape index (κ1) is 12.3. The van der Waals surface area contributed by atoms with Crippen molar-refractivity contribution in [1.82, 2.24) is 15.1 Å². The van der Waals surface area contributed by atoms with E-state index >= 15 is 0 Å². The molecule has 1 aromatic carbocycles. The minimum atomic E-state index is -0.134. The highest BCUT2D eigenvalue weighted by Gasteiger charge is 2.13. The third kappa shape index (κ3) is 2.66. The Labute approximate surface area is 115 Å². The summed E-state index contributed by atoms with van der Waals surface area (Å²) in [6.07, 6.45) is 1.66. The second-order valence-electron chi connectivity index (χ2n) is 4.40. The van der Waals surface area contributed by atoms with Gasteiger partial charge in [-0.3, -0.25) is 9.48 Å². The average Bonchev–Trinajstić information content (AvgIpc) is 3.04. The number of fused-ring (bicyclic) bond motifs is 1. The van der Waals surface area contributed by atoms with Gasteiger partial charge < -0.3 is 20.5 Å². The molecular formula is C13H14N4O3. The summed E-state index contributed by atoms with van der Waals surface area (Å²) in [6, 6.07) is 7.22. The SMILES string of the molecule is Nc1ccn(CC(=O)NCc2ccc3c(c2)OCO3)n1. The van der Waals surface area contributed by atoms with Crippen LogP contribution in [0.2, 0.25) is 0 Å². The van der Waals surface area contributed by atoms with E-state index in [4.69, 9.17) is 15.2 Å². The zero-order valence-electron chi connectivity index (χ0n) is 10.7. The molecule has 2 heterocycles. The van der Waals surface area contributed by atoms with Crippen molar-refractivity contribution in [3.8, 4) is 11.5 Å². The van der Waals surface area contributed by atoms with Crippen molar-refractivity contribution < 1.29 is 14.3 Å². The fourth-order valence-corrected chi connectivity index (χ4v) is 1.92. The second kappa shape index (κ2) is 5.12. The number of carbonyl (C=O) groups excluding carboxylic acids is 1. The van der Waals surface area contributed by atoms with Crippen LogP contribution >= 0.6 is 0 Å². The molecule has 104 valence electrons. The third-order valence-electron chi connectivity index (χ3n) is 2.89. The molecule has 0 atom stereocenters. The molecule has 1 aliphatic heterocycles. The van der Waals surface area contributed by atoms with Crippen molar-refractivity contribution in [2.45, 2.75) is 13.1 Å². The quantitative estimate of drug-likeness (QED) is 0.847. The number of hydrogen-bond acceptors (Lipinski definition) is 5. The summed E-state index contributed by atoms with van der Waals surface area (Å²) in [5.74, 6) is 1.70. The van der Waals surface area contributed by atoms with E-state index in [1.165, 1.54) is 4.68 Å². The molecule has 0 aliphatic carbocycles. The van der Waals surface area contributed by atoms with Gasteiger partial charge in [-0.05, 0) is 23.8 Å². The number of benzene rings is 1. The first-order valence-electron chi connectivity index (χ1n) is 6.15. The molecule has 1 amide bonds. The van der Waals surface area contributed by atoms with E-state index < -0.39 is 0 Å². The molecule has 2 aromatic rings. The smallest absolute Gasteiger partial charge is 0.241 e. The van der Waals surface area contributed by atoms with Crippen LogP contribution in [0.5, 0.6) is 11.5 Å². The van der Waals surface area contributed by atoms with E-state index in [9.17, 15) is 4.79 Å². The minimum absolute atomic E-state index is 0.134. The number of hydrogen-bond donors (Lipinski definition) is 2. The van der Waals surface area contributed by atoms with Crippen molar-refractivity contribution in [3.63, 3.8) is 0 Å². The van der Waals surface area contributed by atoms with Gasteiger partial charge in [0.1, 0.15) is 12.4 Å². The zero-order valence-corrected chi connectivity index (χ0v) is 10.7. The number of anilines is 1. The molecular weight excluding hydrogens is 260 g/mol. The minimum Gasteiger partial charge on any atom is -0.454 e. The number of nitrogen functional groups attached to an aromatic ring is 1. The lowest BCUT2D eigenvalue weighted by Gasteiger charge is -2.06. The molecule has 20 heavy (non-hydrogen) atoms. The summed E-state index contributed by atoms with van der Waals surface area (Å²) in [7, 11) is 0.